The number of ether oxygens (including phenoxy) is 1. The van der Waals surface area contributed by atoms with Gasteiger partial charge >= 0.3 is 0 Å². The lowest BCUT2D eigenvalue weighted by atomic mass is 10.3. The lowest BCUT2D eigenvalue weighted by Gasteiger charge is -2.07. The van der Waals surface area contributed by atoms with Crippen molar-refractivity contribution in [2.75, 3.05) is 5.32 Å². The van der Waals surface area contributed by atoms with E-state index in [0.717, 1.165) is 22.8 Å². The van der Waals surface area contributed by atoms with Gasteiger partial charge in [-0.15, -0.1) is 5.10 Å². The number of rotatable bonds is 6. The number of nitrogens with one attached hydrogen (secondary N) is 1. The predicted molar refractivity (Wildman–Crippen MR) is 102 cm³/mol. The smallest absolute Gasteiger partial charge is 0.255 e. The van der Waals surface area contributed by atoms with Gasteiger partial charge in [-0.3, -0.25) is 4.98 Å². The molecule has 0 aliphatic rings. The van der Waals surface area contributed by atoms with Crippen LogP contribution in [-0.2, 0) is 6.54 Å². The molecule has 0 amide bonds. The predicted octanol–water partition coefficient (Wildman–Crippen LogP) is 3.91. The molecule has 0 saturated carbocycles. The zero-order valence-electron chi connectivity index (χ0n) is 15.1. The molecule has 0 aliphatic heterocycles. The third kappa shape index (κ3) is 4.12. The Hall–Kier alpha value is -3.81. The second kappa shape index (κ2) is 7.83. The number of aryl methyl sites for hydroxylation is 1. The van der Waals surface area contributed by atoms with E-state index < -0.39 is 5.95 Å². The van der Waals surface area contributed by atoms with E-state index in [0.29, 0.717) is 12.3 Å². The van der Waals surface area contributed by atoms with Crippen molar-refractivity contribution in [3.63, 3.8) is 0 Å². The van der Waals surface area contributed by atoms with Crippen molar-refractivity contribution in [1.82, 2.24) is 25.0 Å². The summed E-state index contributed by atoms with van der Waals surface area (Å²) in [5.74, 6) is -0.0641. The van der Waals surface area contributed by atoms with E-state index in [1.807, 2.05) is 37.4 Å². The zero-order chi connectivity index (χ0) is 19.3. The third-order valence-corrected chi connectivity index (χ3v) is 3.97. The molecular formula is C20H17FN6O. The molecule has 4 aromatic rings. The second-order valence-electron chi connectivity index (χ2n) is 6.08. The second-order valence-corrected chi connectivity index (χ2v) is 6.08. The molecule has 0 bridgehead atoms. The molecule has 3 aromatic heterocycles. The van der Waals surface area contributed by atoms with Crippen LogP contribution in [0.2, 0.25) is 0 Å². The minimum atomic E-state index is -0.649. The first-order valence-electron chi connectivity index (χ1n) is 8.64. The summed E-state index contributed by atoms with van der Waals surface area (Å²) in [5, 5.41) is 11.6. The maximum absolute atomic E-state index is 13.6. The van der Waals surface area contributed by atoms with Crippen molar-refractivity contribution in [3.05, 3.63) is 84.5 Å². The molecule has 0 fully saturated rings. The summed E-state index contributed by atoms with van der Waals surface area (Å²) < 4.78 is 20.7. The molecule has 8 heteroatoms. The van der Waals surface area contributed by atoms with E-state index in [1.54, 1.807) is 29.1 Å². The Bertz CT molecular complexity index is 1080. The highest BCUT2D eigenvalue weighted by Gasteiger charge is 2.07. The van der Waals surface area contributed by atoms with Gasteiger partial charge in [0.1, 0.15) is 11.4 Å². The largest absolute Gasteiger partial charge is 0.453 e. The maximum Gasteiger partial charge on any atom is 0.255 e. The van der Waals surface area contributed by atoms with Crippen LogP contribution in [0.3, 0.4) is 0 Å². The van der Waals surface area contributed by atoms with Gasteiger partial charge in [0.2, 0.25) is 0 Å². The molecule has 0 saturated heterocycles. The van der Waals surface area contributed by atoms with Gasteiger partial charge in [-0.2, -0.15) is 4.39 Å². The van der Waals surface area contributed by atoms with Gasteiger partial charge in [0.15, 0.2) is 5.75 Å². The SMILES string of the molecule is Cc1cc(NCc2cn(-c3ccc(Oc4cccnc4F)cc3)nn2)ccn1. The molecule has 3 heterocycles. The Morgan fingerprint density at radius 1 is 1.07 bits per heavy atom. The standard InChI is InChI=1S/C20H17FN6O/c1-14-11-15(8-10-22-14)24-12-16-13-27(26-25-16)17-4-6-18(7-5-17)28-19-3-2-9-23-20(19)21/h2-11,13H,12H2,1H3,(H,22,24). The lowest BCUT2D eigenvalue weighted by Crippen LogP contribution is -2.00. The number of hydrogen-bond acceptors (Lipinski definition) is 6. The molecule has 0 atom stereocenters. The maximum atomic E-state index is 13.6. The van der Waals surface area contributed by atoms with E-state index in [4.69, 9.17) is 4.74 Å². The van der Waals surface area contributed by atoms with Crippen LogP contribution in [-0.4, -0.2) is 25.0 Å². The van der Waals surface area contributed by atoms with Gasteiger partial charge in [-0.25, -0.2) is 9.67 Å². The average molecular weight is 376 g/mol. The fourth-order valence-corrected chi connectivity index (χ4v) is 2.60. The van der Waals surface area contributed by atoms with Gasteiger partial charge < -0.3 is 10.1 Å². The first-order valence-corrected chi connectivity index (χ1v) is 8.64. The van der Waals surface area contributed by atoms with Gasteiger partial charge in [-0.05, 0) is 55.5 Å². The summed E-state index contributed by atoms with van der Waals surface area (Å²) in [6, 6.07) is 14.1. The number of pyridine rings is 2. The van der Waals surface area contributed by atoms with Crippen LogP contribution in [0, 0.1) is 12.9 Å². The van der Waals surface area contributed by atoms with Crippen LogP contribution in [0.5, 0.6) is 11.5 Å². The van der Waals surface area contributed by atoms with E-state index in [2.05, 4.69) is 25.6 Å². The molecule has 1 aromatic carbocycles. The highest BCUT2D eigenvalue weighted by Crippen LogP contribution is 2.23. The molecule has 1 N–H and O–H groups in total. The van der Waals surface area contributed by atoms with Crippen LogP contribution in [0.15, 0.2) is 67.1 Å². The zero-order valence-corrected chi connectivity index (χ0v) is 15.1. The van der Waals surface area contributed by atoms with Crippen molar-refractivity contribution in [3.8, 4) is 17.2 Å². The summed E-state index contributed by atoms with van der Waals surface area (Å²) in [7, 11) is 0. The monoisotopic (exact) mass is 376 g/mol. The Morgan fingerprint density at radius 2 is 1.93 bits per heavy atom. The minimum absolute atomic E-state index is 0.0794. The van der Waals surface area contributed by atoms with E-state index in [1.165, 1.54) is 12.3 Å². The Kier molecular flexibility index (Phi) is 4.92. The molecule has 28 heavy (non-hydrogen) atoms. The van der Waals surface area contributed by atoms with Gasteiger partial charge in [0.05, 0.1) is 18.4 Å². The van der Waals surface area contributed by atoms with Crippen LogP contribution in [0.4, 0.5) is 10.1 Å². The number of aromatic nitrogens is 5. The first-order chi connectivity index (χ1) is 13.7. The number of benzene rings is 1. The van der Waals surface area contributed by atoms with Crippen molar-refractivity contribution in [1.29, 1.82) is 0 Å². The molecule has 0 radical (unpaired) electrons. The fourth-order valence-electron chi connectivity index (χ4n) is 2.60. The molecule has 140 valence electrons. The summed E-state index contributed by atoms with van der Waals surface area (Å²) in [5.41, 5.74) is 3.54. The van der Waals surface area contributed by atoms with Crippen LogP contribution in [0.1, 0.15) is 11.4 Å². The highest BCUT2D eigenvalue weighted by molar-refractivity contribution is 5.43. The first kappa shape index (κ1) is 17.6. The number of anilines is 1. The lowest BCUT2D eigenvalue weighted by molar-refractivity contribution is 0.429. The van der Waals surface area contributed by atoms with Crippen molar-refractivity contribution < 1.29 is 9.13 Å². The van der Waals surface area contributed by atoms with Crippen molar-refractivity contribution in [2.45, 2.75) is 13.5 Å². The summed E-state index contributed by atoms with van der Waals surface area (Å²) in [6.45, 7) is 2.49. The summed E-state index contributed by atoms with van der Waals surface area (Å²) in [6.07, 6.45) is 4.98. The van der Waals surface area contributed by atoms with Crippen molar-refractivity contribution >= 4 is 5.69 Å². The molecule has 0 unspecified atom stereocenters. The quantitative estimate of drug-likeness (QED) is 0.514. The topological polar surface area (TPSA) is 77.8 Å². The normalized spacial score (nSPS) is 10.6. The van der Waals surface area contributed by atoms with Gasteiger partial charge in [0, 0.05) is 23.8 Å². The number of nitrogens with zero attached hydrogens (tertiary/aromatic N) is 5. The van der Waals surface area contributed by atoms with E-state index in [-0.39, 0.29) is 5.75 Å². The Balaban J connectivity index is 1.41. The number of halogens is 1. The van der Waals surface area contributed by atoms with E-state index in [9.17, 15) is 4.39 Å². The molecule has 0 aliphatic carbocycles. The minimum Gasteiger partial charge on any atom is -0.453 e. The molecule has 7 nitrogen and oxygen atoms in total. The summed E-state index contributed by atoms with van der Waals surface area (Å²) >= 11 is 0. The summed E-state index contributed by atoms with van der Waals surface area (Å²) in [4.78, 5) is 7.73. The van der Waals surface area contributed by atoms with Crippen LogP contribution < -0.4 is 10.1 Å². The van der Waals surface area contributed by atoms with Gasteiger partial charge in [0.25, 0.3) is 5.95 Å². The van der Waals surface area contributed by atoms with E-state index >= 15 is 0 Å². The molecule has 0 spiro atoms. The third-order valence-electron chi connectivity index (χ3n) is 3.97. The Morgan fingerprint density at radius 3 is 2.71 bits per heavy atom. The fraction of sp³-hybridized carbons (Fsp3) is 0.100. The molecule has 4 rings (SSSR count). The van der Waals surface area contributed by atoms with Crippen LogP contribution in [0.25, 0.3) is 5.69 Å². The van der Waals surface area contributed by atoms with Crippen molar-refractivity contribution in [2.24, 2.45) is 0 Å². The Labute approximate surface area is 160 Å². The highest BCUT2D eigenvalue weighted by atomic mass is 19.1. The van der Waals surface area contributed by atoms with Crippen LogP contribution >= 0.6 is 0 Å². The number of hydrogen-bond donors (Lipinski definition) is 1. The molecular weight excluding hydrogens is 359 g/mol. The van der Waals surface area contributed by atoms with Gasteiger partial charge in [-0.1, -0.05) is 5.21 Å². The average Bonchev–Trinajstić information content (AvgIpc) is 3.18.